The molecule has 0 saturated heterocycles. The topological polar surface area (TPSA) is 101 Å². The Bertz CT molecular complexity index is 1060. The van der Waals surface area contributed by atoms with E-state index in [0.29, 0.717) is 28.4 Å². The maximum absolute atomic E-state index is 12.2. The lowest BCUT2D eigenvalue weighted by atomic mass is 9.97. The minimum Gasteiger partial charge on any atom is -0.415 e. The quantitative estimate of drug-likeness (QED) is 0.196. The van der Waals surface area contributed by atoms with Crippen molar-refractivity contribution in [1.82, 2.24) is 10.2 Å². The maximum Gasteiger partial charge on any atom is 0.277 e. The third-order valence-electron chi connectivity index (χ3n) is 4.98. The van der Waals surface area contributed by atoms with Gasteiger partial charge in [0.1, 0.15) is 0 Å². The number of thioether (sulfide) groups is 1. The number of aromatic nitrogens is 2. The van der Waals surface area contributed by atoms with E-state index in [0.717, 1.165) is 17.5 Å². The van der Waals surface area contributed by atoms with Crippen LogP contribution in [-0.4, -0.2) is 32.8 Å². The fraction of sp³-hybridized carbons (Fsp3) is 0.333. The summed E-state index contributed by atoms with van der Waals surface area (Å²) in [5, 5.41) is 23.4. The fourth-order valence-electron chi connectivity index (χ4n) is 3.19. The van der Waals surface area contributed by atoms with Crippen molar-refractivity contribution in [3.8, 4) is 0 Å². The van der Waals surface area contributed by atoms with E-state index in [1.807, 2.05) is 6.92 Å². The summed E-state index contributed by atoms with van der Waals surface area (Å²) in [5.74, 6) is 1.10. The van der Waals surface area contributed by atoms with Gasteiger partial charge in [-0.1, -0.05) is 67.2 Å². The summed E-state index contributed by atoms with van der Waals surface area (Å²) in [4.78, 5) is 12.2. The van der Waals surface area contributed by atoms with Gasteiger partial charge in [-0.3, -0.25) is 4.79 Å². The summed E-state index contributed by atoms with van der Waals surface area (Å²) in [6.45, 7) is 8.14. The van der Waals surface area contributed by atoms with Crippen LogP contribution in [0.15, 0.2) is 63.3 Å². The van der Waals surface area contributed by atoms with Crippen molar-refractivity contribution in [3.63, 3.8) is 0 Å². The van der Waals surface area contributed by atoms with Crippen LogP contribution in [0.2, 0.25) is 0 Å². The van der Waals surface area contributed by atoms with Crippen LogP contribution in [0.1, 0.15) is 56.2 Å². The molecule has 1 heterocycles. The Hall–Kier alpha value is -3.13. The Balaban J connectivity index is 1.52. The number of nitrogens with zero attached hydrogens (tertiary/aromatic N) is 3. The van der Waals surface area contributed by atoms with Crippen molar-refractivity contribution in [2.45, 2.75) is 45.3 Å². The molecule has 0 aliphatic heterocycles. The Kier molecular flexibility index (Phi) is 8.05. The zero-order valence-corrected chi connectivity index (χ0v) is 19.5. The van der Waals surface area contributed by atoms with Gasteiger partial charge in [-0.25, -0.2) is 0 Å². The number of carbonyl (C=O) groups is 1. The van der Waals surface area contributed by atoms with Crippen LogP contribution in [0.5, 0.6) is 0 Å². The molecule has 0 bridgehead atoms. The van der Waals surface area contributed by atoms with E-state index < -0.39 is 0 Å². The predicted molar refractivity (Wildman–Crippen MR) is 127 cm³/mol. The first-order valence-corrected chi connectivity index (χ1v) is 11.5. The molecule has 168 valence electrons. The number of rotatable bonds is 9. The standard InChI is InChI=1S/C24H28N4O3S/c1-15(2)13-18-5-7-19(8-6-18)16(3)23-26-27-24(31-23)32-14-22(29)25-21-11-9-20(10-12-21)17(4)28-30/h5-12,15-16,30H,13-14H2,1-4H3,(H,25,29)/b28-17+/t16-/m1/s1. The number of oxime groups is 1. The number of hydrogen-bond acceptors (Lipinski definition) is 7. The Morgan fingerprint density at radius 2 is 1.78 bits per heavy atom. The molecule has 2 N–H and O–H groups in total. The molecule has 0 aliphatic rings. The van der Waals surface area contributed by atoms with Crippen LogP contribution in [0, 0.1) is 5.92 Å². The van der Waals surface area contributed by atoms with Gasteiger partial charge in [0.05, 0.1) is 17.4 Å². The molecule has 8 heteroatoms. The zero-order chi connectivity index (χ0) is 23.1. The van der Waals surface area contributed by atoms with Crippen molar-refractivity contribution in [1.29, 1.82) is 0 Å². The highest BCUT2D eigenvalue weighted by Gasteiger charge is 2.17. The van der Waals surface area contributed by atoms with E-state index in [9.17, 15) is 4.79 Å². The van der Waals surface area contributed by atoms with Gasteiger partial charge in [-0.15, -0.1) is 10.2 Å². The molecule has 0 spiro atoms. The molecule has 7 nitrogen and oxygen atoms in total. The van der Waals surface area contributed by atoms with E-state index in [2.05, 4.69) is 58.8 Å². The summed E-state index contributed by atoms with van der Waals surface area (Å²) in [7, 11) is 0. The molecule has 0 aliphatic carbocycles. The molecular formula is C24H28N4O3S. The van der Waals surface area contributed by atoms with Gasteiger partial charge in [0, 0.05) is 5.69 Å². The second-order valence-electron chi connectivity index (χ2n) is 8.07. The lowest BCUT2D eigenvalue weighted by molar-refractivity contribution is -0.113. The number of nitrogens with one attached hydrogen (secondary N) is 1. The highest BCUT2D eigenvalue weighted by Crippen LogP contribution is 2.26. The number of amides is 1. The molecule has 3 aromatic rings. The van der Waals surface area contributed by atoms with E-state index in [1.54, 1.807) is 31.2 Å². The Labute approximate surface area is 192 Å². The van der Waals surface area contributed by atoms with Gasteiger partial charge in [0.15, 0.2) is 0 Å². The number of carbonyl (C=O) groups excluding carboxylic acids is 1. The molecule has 0 radical (unpaired) electrons. The van der Waals surface area contributed by atoms with Crippen LogP contribution < -0.4 is 5.32 Å². The predicted octanol–water partition coefficient (Wildman–Crippen LogP) is 5.35. The molecule has 0 saturated carbocycles. The summed E-state index contributed by atoms with van der Waals surface area (Å²) < 4.78 is 5.77. The summed E-state index contributed by atoms with van der Waals surface area (Å²) in [6, 6.07) is 15.6. The van der Waals surface area contributed by atoms with E-state index in [-0.39, 0.29) is 17.6 Å². The van der Waals surface area contributed by atoms with E-state index >= 15 is 0 Å². The minimum atomic E-state index is -0.177. The second-order valence-corrected chi connectivity index (χ2v) is 8.99. The lowest BCUT2D eigenvalue weighted by Gasteiger charge is -2.09. The van der Waals surface area contributed by atoms with Crippen molar-refractivity contribution in [2.75, 3.05) is 11.1 Å². The zero-order valence-electron chi connectivity index (χ0n) is 18.7. The molecule has 0 unspecified atom stereocenters. The minimum absolute atomic E-state index is 0.0248. The van der Waals surface area contributed by atoms with Crippen molar-refractivity contribution in [2.24, 2.45) is 11.1 Å². The number of anilines is 1. The fourth-order valence-corrected chi connectivity index (χ4v) is 3.76. The van der Waals surface area contributed by atoms with Gasteiger partial charge in [0.2, 0.25) is 11.8 Å². The first-order valence-electron chi connectivity index (χ1n) is 10.5. The third-order valence-corrected chi connectivity index (χ3v) is 5.80. The highest BCUT2D eigenvalue weighted by molar-refractivity contribution is 7.99. The van der Waals surface area contributed by atoms with Crippen LogP contribution in [-0.2, 0) is 11.2 Å². The average molecular weight is 453 g/mol. The molecule has 1 aromatic heterocycles. The maximum atomic E-state index is 12.2. The van der Waals surface area contributed by atoms with Gasteiger partial charge < -0.3 is 14.9 Å². The Morgan fingerprint density at radius 1 is 1.09 bits per heavy atom. The summed E-state index contributed by atoms with van der Waals surface area (Å²) >= 11 is 1.20. The van der Waals surface area contributed by atoms with E-state index in [1.165, 1.54) is 17.3 Å². The van der Waals surface area contributed by atoms with E-state index in [4.69, 9.17) is 9.62 Å². The first kappa shape index (κ1) is 23.5. The van der Waals surface area contributed by atoms with Gasteiger partial charge in [-0.2, -0.15) is 0 Å². The van der Waals surface area contributed by atoms with Crippen LogP contribution in [0.3, 0.4) is 0 Å². The van der Waals surface area contributed by atoms with Crippen molar-refractivity contribution in [3.05, 3.63) is 71.1 Å². The normalized spacial score (nSPS) is 12.7. The molecule has 0 fully saturated rings. The van der Waals surface area contributed by atoms with Gasteiger partial charge in [0.25, 0.3) is 5.22 Å². The highest BCUT2D eigenvalue weighted by atomic mass is 32.2. The Morgan fingerprint density at radius 3 is 2.41 bits per heavy atom. The van der Waals surface area contributed by atoms with Crippen LogP contribution in [0.25, 0.3) is 0 Å². The first-order chi connectivity index (χ1) is 15.4. The van der Waals surface area contributed by atoms with Gasteiger partial charge in [-0.05, 0) is 55.0 Å². The monoisotopic (exact) mass is 452 g/mol. The lowest BCUT2D eigenvalue weighted by Crippen LogP contribution is -2.14. The second kappa shape index (κ2) is 10.9. The number of hydrogen-bond donors (Lipinski definition) is 2. The molecule has 32 heavy (non-hydrogen) atoms. The van der Waals surface area contributed by atoms with Crippen LogP contribution >= 0.6 is 11.8 Å². The molecule has 3 rings (SSSR count). The van der Waals surface area contributed by atoms with Crippen LogP contribution in [0.4, 0.5) is 5.69 Å². The smallest absolute Gasteiger partial charge is 0.277 e. The molecular weight excluding hydrogens is 424 g/mol. The summed E-state index contributed by atoms with van der Waals surface area (Å²) in [6.07, 6.45) is 1.05. The van der Waals surface area contributed by atoms with Crippen molar-refractivity contribution < 1.29 is 14.4 Å². The largest absolute Gasteiger partial charge is 0.415 e. The van der Waals surface area contributed by atoms with Crippen molar-refractivity contribution >= 4 is 29.1 Å². The number of benzene rings is 2. The molecule has 2 aromatic carbocycles. The molecule has 1 amide bonds. The SMILES string of the molecule is C/C(=N\O)c1ccc(NC(=O)CSc2nnc([C@H](C)c3ccc(CC(C)C)cc3)o2)cc1. The third kappa shape index (κ3) is 6.43. The van der Waals surface area contributed by atoms with Gasteiger partial charge >= 0.3 is 0 Å². The summed E-state index contributed by atoms with van der Waals surface area (Å²) in [5.41, 5.74) is 4.37. The average Bonchev–Trinajstić information content (AvgIpc) is 3.26. The molecule has 1 atom stereocenters.